The van der Waals surface area contributed by atoms with Crippen LogP contribution in [0, 0.1) is 11.3 Å². The van der Waals surface area contributed by atoms with Crippen molar-refractivity contribution >= 4 is 5.91 Å². The summed E-state index contributed by atoms with van der Waals surface area (Å²) in [5.74, 6) is 0.802. The first-order chi connectivity index (χ1) is 12.5. The van der Waals surface area contributed by atoms with Crippen LogP contribution in [0.4, 0.5) is 0 Å². The van der Waals surface area contributed by atoms with Gasteiger partial charge in [0.15, 0.2) is 0 Å². The van der Waals surface area contributed by atoms with Gasteiger partial charge in [-0.3, -0.25) is 4.79 Å². The quantitative estimate of drug-likeness (QED) is 0.823. The predicted octanol–water partition coefficient (Wildman–Crippen LogP) is 0.708. The van der Waals surface area contributed by atoms with E-state index in [4.69, 9.17) is 10.00 Å². The van der Waals surface area contributed by atoms with E-state index in [2.05, 4.69) is 16.4 Å². The Kier molecular flexibility index (Phi) is 5.40. The fourth-order valence-corrected chi connectivity index (χ4v) is 3.42. The molecule has 0 aliphatic carbocycles. The maximum absolute atomic E-state index is 12.3. The lowest BCUT2D eigenvalue weighted by Crippen LogP contribution is -2.52. The number of aryl methyl sites for hydroxylation is 2. The average Bonchev–Trinajstić information content (AvgIpc) is 3.20. The molecule has 1 amide bonds. The van der Waals surface area contributed by atoms with Gasteiger partial charge in [0.2, 0.25) is 5.91 Å². The minimum absolute atomic E-state index is 0.0153. The maximum atomic E-state index is 12.3. The molecule has 1 fully saturated rings. The molecule has 2 atom stereocenters. The van der Waals surface area contributed by atoms with Crippen LogP contribution in [0.5, 0.6) is 0 Å². The van der Waals surface area contributed by atoms with Gasteiger partial charge in [0.05, 0.1) is 6.10 Å². The zero-order valence-electron chi connectivity index (χ0n) is 15.3. The molecule has 8 heteroatoms. The number of nitrogens with zero attached hydrogens (tertiary/aromatic N) is 5. The number of morpholine rings is 1. The molecule has 26 heavy (non-hydrogen) atoms. The van der Waals surface area contributed by atoms with E-state index in [1.807, 2.05) is 53.5 Å². The molecule has 3 rings (SSSR count). The third-order valence-electron chi connectivity index (χ3n) is 4.74. The molecule has 0 radical (unpaired) electrons. The highest BCUT2D eigenvalue weighted by Gasteiger charge is 2.38. The van der Waals surface area contributed by atoms with Gasteiger partial charge < -0.3 is 24.1 Å². The van der Waals surface area contributed by atoms with Gasteiger partial charge >= 0.3 is 0 Å². The molecule has 2 aromatic rings. The molecular weight excluding hydrogens is 332 g/mol. The topological polar surface area (TPSA) is 88.1 Å². The zero-order chi connectivity index (χ0) is 18.7. The second kappa shape index (κ2) is 7.72. The van der Waals surface area contributed by atoms with Gasteiger partial charge in [-0.05, 0) is 18.6 Å². The lowest BCUT2D eigenvalue weighted by atomic mass is 10.1. The Morgan fingerprint density at radius 1 is 1.42 bits per heavy atom. The van der Waals surface area contributed by atoms with E-state index in [0.29, 0.717) is 25.3 Å². The van der Waals surface area contributed by atoms with E-state index in [1.54, 1.807) is 6.20 Å². The van der Waals surface area contributed by atoms with Crippen molar-refractivity contribution in [1.29, 1.82) is 5.26 Å². The minimum atomic E-state index is -0.223. The van der Waals surface area contributed by atoms with E-state index in [9.17, 15) is 4.79 Å². The van der Waals surface area contributed by atoms with E-state index in [-0.39, 0.29) is 24.7 Å². The van der Waals surface area contributed by atoms with Crippen LogP contribution in [-0.4, -0.2) is 50.7 Å². The Bertz CT molecular complexity index is 818. The van der Waals surface area contributed by atoms with Crippen LogP contribution in [0.3, 0.4) is 0 Å². The van der Waals surface area contributed by atoms with Crippen molar-refractivity contribution in [3.05, 3.63) is 41.7 Å². The molecule has 0 bridgehead atoms. The number of amides is 1. The van der Waals surface area contributed by atoms with Crippen molar-refractivity contribution in [2.24, 2.45) is 14.1 Å². The van der Waals surface area contributed by atoms with Crippen LogP contribution in [0.25, 0.3) is 0 Å². The summed E-state index contributed by atoms with van der Waals surface area (Å²) in [7, 11) is 3.78. The number of ether oxygens (including phenoxy) is 1. The number of nitrogens with one attached hydrogen (secondary N) is 1. The Morgan fingerprint density at radius 2 is 2.23 bits per heavy atom. The van der Waals surface area contributed by atoms with Crippen LogP contribution in [0.15, 0.2) is 24.7 Å². The summed E-state index contributed by atoms with van der Waals surface area (Å²) in [6.07, 6.45) is 5.36. The van der Waals surface area contributed by atoms with Gasteiger partial charge in [-0.25, -0.2) is 4.98 Å². The number of nitriles is 1. The lowest BCUT2D eigenvalue weighted by molar-refractivity contribution is -0.157. The smallest absolute Gasteiger partial charge is 0.249 e. The normalized spacial score (nSPS) is 20.4. The van der Waals surface area contributed by atoms with E-state index >= 15 is 0 Å². The van der Waals surface area contributed by atoms with Crippen LogP contribution in [0.2, 0.25) is 0 Å². The zero-order valence-corrected chi connectivity index (χ0v) is 15.3. The molecular formula is C18H24N6O2. The van der Waals surface area contributed by atoms with E-state index in [1.165, 1.54) is 0 Å². The molecule has 1 aliphatic rings. The average molecular weight is 356 g/mol. The number of carbonyl (C=O) groups is 1. The molecule has 2 aromatic heterocycles. The van der Waals surface area contributed by atoms with Crippen LogP contribution < -0.4 is 5.32 Å². The molecule has 1 saturated heterocycles. The summed E-state index contributed by atoms with van der Waals surface area (Å²) in [5, 5.41) is 12.4. The monoisotopic (exact) mass is 356 g/mol. The maximum Gasteiger partial charge on any atom is 0.249 e. The predicted molar refractivity (Wildman–Crippen MR) is 94.9 cm³/mol. The molecule has 0 spiro atoms. The number of hydrogen-bond donors (Lipinski definition) is 1. The third kappa shape index (κ3) is 3.49. The summed E-state index contributed by atoms with van der Waals surface area (Å²) in [6, 6.07) is 3.81. The largest absolute Gasteiger partial charge is 0.364 e. The van der Waals surface area contributed by atoms with Gasteiger partial charge in [-0.2, -0.15) is 5.26 Å². The number of rotatable bonds is 6. The summed E-state index contributed by atoms with van der Waals surface area (Å²) in [5.41, 5.74) is 1.67. The van der Waals surface area contributed by atoms with Gasteiger partial charge in [0.25, 0.3) is 0 Å². The van der Waals surface area contributed by atoms with Gasteiger partial charge in [0.1, 0.15) is 30.2 Å². The molecule has 138 valence electrons. The SMILES string of the molecule is CCN1C(=O)CO[C@@H](CNCc2cc(C#N)n(C)c2)[C@@H]1c1nccn1C. The first kappa shape index (κ1) is 18.2. The highest BCUT2D eigenvalue weighted by atomic mass is 16.5. The Labute approximate surface area is 153 Å². The number of likely N-dealkylation sites (N-methyl/N-ethyl adjacent to an activating group) is 1. The fraction of sp³-hybridized carbons (Fsp3) is 0.500. The second-order valence-corrected chi connectivity index (χ2v) is 6.46. The molecule has 8 nitrogen and oxygen atoms in total. The summed E-state index contributed by atoms with van der Waals surface area (Å²) in [6.45, 7) is 3.88. The summed E-state index contributed by atoms with van der Waals surface area (Å²) in [4.78, 5) is 18.5. The highest BCUT2D eigenvalue weighted by molar-refractivity contribution is 5.78. The first-order valence-electron chi connectivity index (χ1n) is 8.69. The molecule has 1 N–H and O–H groups in total. The van der Waals surface area contributed by atoms with Gasteiger partial charge in [-0.15, -0.1) is 0 Å². The minimum Gasteiger partial charge on any atom is -0.364 e. The third-order valence-corrected chi connectivity index (χ3v) is 4.74. The Balaban J connectivity index is 1.71. The Morgan fingerprint density at radius 3 is 2.85 bits per heavy atom. The molecule has 1 aliphatic heterocycles. The van der Waals surface area contributed by atoms with E-state index < -0.39 is 0 Å². The van der Waals surface area contributed by atoms with Crippen molar-refractivity contribution in [3.63, 3.8) is 0 Å². The van der Waals surface area contributed by atoms with Crippen molar-refractivity contribution < 1.29 is 9.53 Å². The molecule has 0 aromatic carbocycles. The second-order valence-electron chi connectivity index (χ2n) is 6.46. The number of hydrogen-bond acceptors (Lipinski definition) is 5. The first-order valence-corrected chi connectivity index (χ1v) is 8.69. The summed E-state index contributed by atoms with van der Waals surface area (Å²) >= 11 is 0. The number of aromatic nitrogens is 3. The van der Waals surface area contributed by atoms with E-state index in [0.717, 1.165) is 11.4 Å². The lowest BCUT2D eigenvalue weighted by Gasteiger charge is -2.40. The van der Waals surface area contributed by atoms with Crippen molar-refractivity contribution in [2.75, 3.05) is 19.7 Å². The number of carbonyl (C=O) groups excluding carboxylic acids is 1. The van der Waals surface area contributed by atoms with Crippen LogP contribution in [0.1, 0.15) is 30.0 Å². The summed E-state index contributed by atoms with van der Waals surface area (Å²) < 4.78 is 9.57. The van der Waals surface area contributed by atoms with Crippen LogP contribution in [-0.2, 0) is 30.2 Å². The van der Waals surface area contributed by atoms with Crippen molar-refractivity contribution in [3.8, 4) is 6.07 Å². The number of imidazole rings is 1. The molecule has 0 saturated carbocycles. The Hall–Kier alpha value is -2.63. The molecule has 0 unspecified atom stereocenters. The van der Waals surface area contributed by atoms with Crippen LogP contribution >= 0.6 is 0 Å². The van der Waals surface area contributed by atoms with Crippen molar-refractivity contribution in [1.82, 2.24) is 24.3 Å². The fourth-order valence-electron chi connectivity index (χ4n) is 3.42. The van der Waals surface area contributed by atoms with Gasteiger partial charge in [0, 0.05) is 52.3 Å². The standard InChI is InChI=1S/C18H24N6O2/c1-4-24-16(25)12-26-15(17(24)18-21-5-6-22(18)2)10-20-9-13-7-14(8-19)23(3)11-13/h5-7,11,15,17,20H,4,9-10,12H2,1-3H3/t15-,17+/m0/s1. The molecule has 3 heterocycles. The van der Waals surface area contributed by atoms with Gasteiger partial charge in [-0.1, -0.05) is 0 Å². The van der Waals surface area contributed by atoms with Crippen molar-refractivity contribution in [2.45, 2.75) is 25.6 Å². The highest BCUT2D eigenvalue weighted by Crippen LogP contribution is 2.28.